The number of nitrogens with zero attached hydrogens (tertiary/aromatic N) is 4. The standard InChI is InChI=1S/C18H20N4O3S/c23-26(24,12-17-16-4-1-2-5-18(16)25-20-17)22-13-6-7-14(22)11-15(10-13)21-9-3-8-19-21/h1-5,8-9,13-15H,6-7,10-12H2. The molecule has 4 heterocycles. The molecule has 0 amide bonds. The van der Waals surface area contributed by atoms with E-state index in [1.807, 2.05) is 35.1 Å². The van der Waals surface area contributed by atoms with Crippen LogP contribution >= 0.6 is 0 Å². The highest BCUT2D eigenvalue weighted by Gasteiger charge is 2.47. The van der Waals surface area contributed by atoms with Gasteiger partial charge in [0.1, 0.15) is 11.4 Å². The van der Waals surface area contributed by atoms with Crippen LogP contribution in [0.2, 0.25) is 0 Å². The number of fused-ring (bicyclic) bond motifs is 3. The maximum Gasteiger partial charge on any atom is 0.220 e. The van der Waals surface area contributed by atoms with Gasteiger partial charge in [0, 0.05) is 29.9 Å². The highest BCUT2D eigenvalue weighted by molar-refractivity contribution is 7.88. The molecule has 136 valence electrons. The average Bonchev–Trinajstić information content (AvgIpc) is 3.35. The predicted molar refractivity (Wildman–Crippen MR) is 95.8 cm³/mol. The first-order valence-electron chi connectivity index (χ1n) is 8.95. The van der Waals surface area contributed by atoms with E-state index in [1.165, 1.54) is 0 Å². The van der Waals surface area contributed by atoms with Crippen LogP contribution in [-0.4, -0.2) is 39.7 Å². The zero-order chi connectivity index (χ0) is 17.7. The molecular formula is C18H20N4O3S. The van der Waals surface area contributed by atoms with Gasteiger partial charge in [-0.15, -0.1) is 0 Å². The first kappa shape index (κ1) is 16.0. The Bertz CT molecular complexity index is 1010. The lowest BCUT2D eigenvalue weighted by atomic mass is 10.00. The summed E-state index contributed by atoms with van der Waals surface area (Å²) in [5.41, 5.74) is 1.12. The number of hydrogen-bond donors (Lipinski definition) is 0. The van der Waals surface area contributed by atoms with Crippen LogP contribution in [0.15, 0.2) is 47.2 Å². The van der Waals surface area contributed by atoms with Crippen LogP contribution in [0.4, 0.5) is 0 Å². The van der Waals surface area contributed by atoms with Crippen LogP contribution in [-0.2, 0) is 15.8 Å². The monoisotopic (exact) mass is 372 g/mol. The Morgan fingerprint density at radius 1 is 1.08 bits per heavy atom. The third kappa shape index (κ3) is 2.55. The molecular weight excluding hydrogens is 352 g/mol. The van der Waals surface area contributed by atoms with Crippen LogP contribution in [0.1, 0.15) is 37.4 Å². The van der Waals surface area contributed by atoms with Gasteiger partial charge in [-0.2, -0.15) is 9.40 Å². The van der Waals surface area contributed by atoms with Crippen LogP contribution in [0.25, 0.3) is 11.0 Å². The summed E-state index contributed by atoms with van der Waals surface area (Å²) in [4.78, 5) is 0. The second-order valence-electron chi connectivity index (χ2n) is 7.21. The molecule has 0 spiro atoms. The third-order valence-electron chi connectivity index (χ3n) is 5.63. The van der Waals surface area contributed by atoms with Gasteiger partial charge in [-0.3, -0.25) is 4.68 Å². The lowest BCUT2D eigenvalue weighted by Crippen LogP contribution is -2.47. The van der Waals surface area contributed by atoms with E-state index in [-0.39, 0.29) is 23.9 Å². The van der Waals surface area contributed by atoms with Gasteiger partial charge in [0.25, 0.3) is 0 Å². The first-order chi connectivity index (χ1) is 12.6. The fourth-order valence-corrected chi connectivity index (χ4v) is 6.56. The summed E-state index contributed by atoms with van der Waals surface area (Å²) in [6, 6.07) is 9.67. The third-order valence-corrected chi connectivity index (χ3v) is 7.51. The van der Waals surface area contributed by atoms with Gasteiger partial charge in [-0.25, -0.2) is 8.42 Å². The van der Waals surface area contributed by atoms with Gasteiger partial charge in [-0.05, 0) is 43.9 Å². The van der Waals surface area contributed by atoms with Gasteiger partial charge in [-0.1, -0.05) is 17.3 Å². The number of hydrogen-bond acceptors (Lipinski definition) is 5. The molecule has 2 aromatic heterocycles. The lowest BCUT2D eigenvalue weighted by molar-refractivity contribution is 0.184. The van der Waals surface area contributed by atoms with Crippen molar-refractivity contribution in [2.75, 3.05) is 0 Å². The highest BCUT2D eigenvalue weighted by Crippen LogP contribution is 2.43. The van der Waals surface area contributed by atoms with Crippen LogP contribution in [0.5, 0.6) is 0 Å². The minimum atomic E-state index is -3.44. The maximum atomic E-state index is 13.2. The number of sulfonamides is 1. The van der Waals surface area contributed by atoms with E-state index in [0.717, 1.165) is 31.1 Å². The molecule has 2 aliphatic rings. The van der Waals surface area contributed by atoms with E-state index >= 15 is 0 Å². The molecule has 0 saturated carbocycles. The van der Waals surface area contributed by atoms with E-state index in [0.29, 0.717) is 11.3 Å². The molecule has 2 bridgehead atoms. The molecule has 2 fully saturated rings. The van der Waals surface area contributed by atoms with Crippen molar-refractivity contribution in [2.45, 2.75) is 49.6 Å². The highest BCUT2D eigenvalue weighted by atomic mass is 32.2. The van der Waals surface area contributed by atoms with Crippen molar-refractivity contribution in [1.82, 2.24) is 19.2 Å². The Morgan fingerprint density at radius 2 is 1.85 bits per heavy atom. The summed E-state index contributed by atoms with van der Waals surface area (Å²) in [6.45, 7) is 0. The number of piperidine rings is 1. The summed E-state index contributed by atoms with van der Waals surface area (Å²) >= 11 is 0. The zero-order valence-electron chi connectivity index (χ0n) is 14.2. The van der Waals surface area contributed by atoms with Crippen LogP contribution < -0.4 is 0 Å². The van der Waals surface area contributed by atoms with E-state index in [4.69, 9.17) is 4.52 Å². The molecule has 8 heteroatoms. The maximum absolute atomic E-state index is 13.2. The zero-order valence-corrected chi connectivity index (χ0v) is 15.0. The topological polar surface area (TPSA) is 81.2 Å². The summed E-state index contributed by atoms with van der Waals surface area (Å²) in [5.74, 6) is -0.108. The van der Waals surface area contributed by atoms with Crippen molar-refractivity contribution in [2.24, 2.45) is 0 Å². The summed E-state index contributed by atoms with van der Waals surface area (Å²) in [7, 11) is -3.44. The quantitative estimate of drug-likeness (QED) is 0.703. The molecule has 7 nitrogen and oxygen atoms in total. The molecule has 0 radical (unpaired) electrons. The number of aromatic nitrogens is 3. The van der Waals surface area contributed by atoms with E-state index < -0.39 is 10.0 Å². The summed E-state index contributed by atoms with van der Waals surface area (Å²) in [6.07, 6.45) is 7.22. The molecule has 26 heavy (non-hydrogen) atoms. The molecule has 0 aliphatic carbocycles. The molecule has 2 aliphatic heterocycles. The van der Waals surface area contributed by atoms with Crippen molar-refractivity contribution in [3.8, 4) is 0 Å². The Morgan fingerprint density at radius 3 is 2.58 bits per heavy atom. The largest absolute Gasteiger partial charge is 0.356 e. The van der Waals surface area contributed by atoms with Crippen LogP contribution in [0, 0.1) is 0 Å². The van der Waals surface area contributed by atoms with E-state index in [2.05, 4.69) is 10.3 Å². The molecule has 3 aromatic rings. The number of rotatable bonds is 4. The van der Waals surface area contributed by atoms with Crippen molar-refractivity contribution in [3.05, 3.63) is 48.4 Å². The van der Waals surface area contributed by atoms with Crippen molar-refractivity contribution < 1.29 is 12.9 Å². The second-order valence-corrected chi connectivity index (χ2v) is 9.08. The Hall–Kier alpha value is -2.19. The van der Waals surface area contributed by atoms with Crippen molar-refractivity contribution >= 4 is 21.0 Å². The average molecular weight is 372 g/mol. The lowest BCUT2D eigenvalue weighted by Gasteiger charge is -2.37. The molecule has 1 aromatic carbocycles. The Balaban J connectivity index is 1.41. The normalized spacial score (nSPS) is 26.5. The summed E-state index contributed by atoms with van der Waals surface area (Å²) < 4.78 is 35.3. The molecule has 2 unspecified atom stereocenters. The number of para-hydroxylation sites is 1. The molecule has 5 rings (SSSR count). The fraction of sp³-hybridized carbons (Fsp3) is 0.444. The minimum absolute atomic E-state index is 0.0473. The smallest absolute Gasteiger partial charge is 0.220 e. The van der Waals surface area contributed by atoms with Gasteiger partial charge < -0.3 is 4.52 Å². The molecule has 2 atom stereocenters. The number of benzene rings is 1. The van der Waals surface area contributed by atoms with Gasteiger partial charge in [0.15, 0.2) is 5.58 Å². The van der Waals surface area contributed by atoms with E-state index in [1.54, 1.807) is 16.6 Å². The Labute approximate surface area is 151 Å². The van der Waals surface area contributed by atoms with Crippen molar-refractivity contribution in [3.63, 3.8) is 0 Å². The Kier molecular flexibility index (Phi) is 3.65. The fourth-order valence-electron chi connectivity index (χ4n) is 4.56. The molecule has 0 N–H and O–H groups in total. The molecule has 2 saturated heterocycles. The predicted octanol–water partition coefficient (Wildman–Crippen LogP) is 2.72. The van der Waals surface area contributed by atoms with Gasteiger partial charge in [0.2, 0.25) is 10.0 Å². The SMILES string of the molecule is O=S(=O)(Cc1noc2ccccc12)N1C2CCC1CC(n1cccn1)C2. The first-order valence-corrected chi connectivity index (χ1v) is 10.6. The second kappa shape index (κ2) is 5.92. The summed E-state index contributed by atoms with van der Waals surface area (Å²) in [5, 5.41) is 9.12. The van der Waals surface area contributed by atoms with Crippen LogP contribution in [0.3, 0.4) is 0 Å². The van der Waals surface area contributed by atoms with Crippen molar-refractivity contribution in [1.29, 1.82) is 0 Å². The van der Waals surface area contributed by atoms with Gasteiger partial charge >= 0.3 is 0 Å². The minimum Gasteiger partial charge on any atom is -0.356 e. The van der Waals surface area contributed by atoms with E-state index in [9.17, 15) is 8.42 Å². The van der Waals surface area contributed by atoms with Gasteiger partial charge in [0.05, 0.1) is 6.04 Å².